The van der Waals surface area contributed by atoms with E-state index < -0.39 is 18.5 Å². The molecule has 1 amide bonds. The molecule has 3 N–H and O–H groups in total. The zero-order valence-electron chi connectivity index (χ0n) is 12.1. The summed E-state index contributed by atoms with van der Waals surface area (Å²) in [6.45, 7) is -0.610. The number of anilines is 2. The summed E-state index contributed by atoms with van der Waals surface area (Å²) in [5, 5.41) is 2.62. The molecule has 1 aromatic carbocycles. The molecule has 2 aromatic rings. The molecule has 0 bridgehead atoms. The molecule has 0 aliphatic rings. The Morgan fingerprint density at radius 2 is 1.64 bits per heavy atom. The Labute approximate surface area is 167 Å². The van der Waals surface area contributed by atoms with Crippen molar-refractivity contribution in [3.8, 4) is 0 Å². The number of carbonyl (C=O) groups excluding carboxylic acids is 2. The maximum Gasteiger partial charge on any atom is 0.359 e. The van der Waals surface area contributed by atoms with Gasteiger partial charge < -0.3 is 15.8 Å². The molecular formula is C14H8Cl5N3O3. The fourth-order valence-electron chi connectivity index (χ4n) is 1.69. The summed E-state index contributed by atoms with van der Waals surface area (Å²) in [5.41, 5.74) is 5.48. The summed E-state index contributed by atoms with van der Waals surface area (Å²) in [6, 6.07) is 4.46. The molecule has 0 saturated heterocycles. The zero-order chi connectivity index (χ0) is 18.7. The van der Waals surface area contributed by atoms with E-state index in [1.54, 1.807) is 0 Å². The topological polar surface area (TPSA) is 94.3 Å². The second kappa shape index (κ2) is 8.29. The molecule has 0 radical (unpaired) electrons. The summed E-state index contributed by atoms with van der Waals surface area (Å²) < 4.78 is 4.83. The molecule has 1 aromatic heterocycles. The van der Waals surface area contributed by atoms with Crippen LogP contribution in [0.4, 0.5) is 11.4 Å². The first kappa shape index (κ1) is 19.9. The number of hydrogen-bond acceptors (Lipinski definition) is 5. The van der Waals surface area contributed by atoms with E-state index in [0.29, 0.717) is 15.7 Å². The minimum absolute atomic E-state index is 0.0844. The van der Waals surface area contributed by atoms with Gasteiger partial charge in [-0.2, -0.15) is 0 Å². The van der Waals surface area contributed by atoms with Gasteiger partial charge >= 0.3 is 5.97 Å². The van der Waals surface area contributed by atoms with Gasteiger partial charge in [-0.05, 0) is 18.2 Å². The SMILES string of the molecule is Nc1c(Cl)c(Cl)nc(C(=O)OCC(=O)Nc2cc(Cl)cc(Cl)c2)c1Cl. The number of rotatable bonds is 4. The van der Waals surface area contributed by atoms with Crippen LogP contribution in [0.2, 0.25) is 25.2 Å². The molecule has 0 atom stereocenters. The van der Waals surface area contributed by atoms with Crippen molar-refractivity contribution in [1.29, 1.82) is 0 Å². The van der Waals surface area contributed by atoms with Crippen molar-refractivity contribution < 1.29 is 14.3 Å². The van der Waals surface area contributed by atoms with Gasteiger partial charge in [-0.3, -0.25) is 4.79 Å². The third kappa shape index (κ3) is 5.03. The van der Waals surface area contributed by atoms with E-state index >= 15 is 0 Å². The Bertz CT molecular complexity index is 840. The van der Waals surface area contributed by atoms with Gasteiger partial charge in [0.25, 0.3) is 5.91 Å². The molecule has 132 valence electrons. The predicted octanol–water partition coefficient (Wildman–Crippen LogP) is 4.73. The number of nitrogens with zero attached hydrogens (tertiary/aromatic N) is 1. The van der Waals surface area contributed by atoms with Crippen molar-refractivity contribution >= 4 is 81.3 Å². The fourth-order valence-corrected chi connectivity index (χ4v) is 2.80. The lowest BCUT2D eigenvalue weighted by atomic mass is 10.3. The Hall–Kier alpha value is -1.44. The van der Waals surface area contributed by atoms with Crippen LogP contribution in [0.5, 0.6) is 0 Å². The summed E-state index contributed by atoms with van der Waals surface area (Å²) in [4.78, 5) is 27.5. The summed E-state index contributed by atoms with van der Waals surface area (Å²) >= 11 is 29.0. The Balaban J connectivity index is 2.04. The summed E-state index contributed by atoms with van der Waals surface area (Å²) in [5.74, 6) is -1.62. The van der Waals surface area contributed by atoms with Gasteiger partial charge in [-0.15, -0.1) is 0 Å². The van der Waals surface area contributed by atoms with Crippen LogP contribution in [0.3, 0.4) is 0 Å². The van der Waals surface area contributed by atoms with E-state index in [-0.39, 0.29) is 26.6 Å². The first-order chi connectivity index (χ1) is 11.7. The summed E-state index contributed by atoms with van der Waals surface area (Å²) in [6.07, 6.45) is 0. The number of nitrogens with one attached hydrogen (secondary N) is 1. The molecular weight excluding hydrogens is 435 g/mol. The maximum absolute atomic E-state index is 12.0. The number of aromatic nitrogens is 1. The van der Waals surface area contributed by atoms with Gasteiger partial charge in [0.15, 0.2) is 17.5 Å². The smallest absolute Gasteiger partial charge is 0.359 e. The first-order valence-electron chi connectivity index (χ1n) is 6.42. The van der Waals surface area contributed by atoms with E-state index in [2.05, 4.69) is 10.3 Å². The minimum atomic E-state index is -0.991. The number of amides is 1. The Kier molecular flexibility index (Phi) is 6.59. The molecule has 0 aliphatic heterocycles. The molecule has 11 heteroatoms. The molecule has 0 unspecified atom stereocenters. The number of esters is 1. The standard InChI is InChI=1S/C14H8Cl5N3O3/c15-5-1-6(16)3-7(2-5)21-8(23)4-25-14(24)12-9(17)11(20)10(18)13(19)22-12/h1-3H,4H2,(H2,20,22)(H,21,23). The van der Waals surface area contributed by atoms with Crippen LogP contribution >= 0.6 is 58.0 Å². The minimum Gasteiger partial charge on any atom is -0.451 e. The normalized spacial score (nSPS) is 10.4. The van der Waals surface area contributed by atoms with Gasteiger partial charge in [0, 0.05) is 15.7 Å². The van der Waals surface area contributed by atoms with Crippen molar-refractivity contribution in [2.75, 3.05) is 17.7 Å². The Morgan fingerprint density at radius 1 is 1.04 bits per heavy atom. The quantitative estimate of drug-likeness (QED) is 0.526. The number of carbonyl (C=O) groups is 2. The van der Waals surface area contributed by atoms with Crippen LogP contribution in [-0.4, -0.2) is 23.5 Å². The van der Waals surface area contributed by atoms with Gasteiger partial charge in [-0.25, -0.2) is 9.78 Å². The van der Waals surface area contributed by atoms with Crippen molar-refractivity contribution in [3.05, 3.63) is 49.1 Å². The van der Waals surface area contributed by atoms with Gasteiger partial charge in [0.2, 0.25) is 0 Å². The third-order valence-electron chi connectivity index (χ3n) is 2.75. The second-order valence-electron chi connectivity index (χ2n) is 4.58. The molecule has 0 spiro atoms. The van der Waals surface area contributed by atoms with Crippen molar-refractivity contribution in [2.45, 2.75) is 0 Å². The molecule has 0 aliphatic carbocycles. The highest BCUT2D eigenvalue weighted by Gasteiger charge is 2.21. The number of halogens is 5. The number of ether oxygens (including phenoxy) is 1. The third-order valence-corrected chi connectivity index (χ3v) is 4.32. The van der Waals surface area contributed by atoms with E-state index in [1.165, 1.54) is 18.2 Å². The lowest BCUT2D eigenvalue weighted by Crippen LogP contribution is -2.21. The monoisotopic (exact) mass is 441 g/mol. The number of hydrogen-bond donors (Lipinski definition) is 2. The van der Waals surface area contributed by atoms with E-state index in [0.717, 1.165) is 0 Å². The Morgan fingerprint density at radius 3 is 2.24 bits per heavy atom. The predicted molar refractivity (Wildman–Crippen MR) is 99.1 cm³/mol. The van der Waals surface area contributed by atoms with E-state index in [9.17, 15) is 9.59 Å². The van der Waals surface area contributed by atoms with Crippen LogP contribution in [-0.2, 0) is 9.53 Å². The molecule has 1 heterocycles. The number of nitrogen functional groups attached to an aromatic ring is 1. The van der Waals surface area contributed by atoms with Crippen molar-refractivity contribution in [1.82, 2.24) is 4.98 Å². The zero-order valence-corrected chi connectivity index (χ0v) is 15.9. The molecule has 2 rings (SSSR count). The van der Waals surface area contributed by atoms with E-state index in [1.807, 2.05) is 0 Å². The molecule has 0 fully saturated rings. The van der Waals surface area contributed by atoms with Crippen LogP contribution in [0.25, 0.3) is 0 Å². The van der Waals surface area contributed by atoms with Gasteiger partial charge in [-0.1, -0.05) is 58.0 Å². The van der Waals surface area contributed by atoms with Crippen molar-refractivity contribution in [3.63, 3.8) is 0 Å². The lowest BCUT2D eigenvalue weighted by molar-refractivity contribution is -0.119. The lowest BCUT2D eigenvalue weighted by Gasteiger charge is -2.10. The second-order valence-corrected chi connectivity index (χ2v) is 6.56. The van der Waals surface area contributed by atoms with Crippen LogP contribution in [0, 0.1) is 0 Å². The average Bonchev–Trinajstić information content (AvgIpc) is 2.53. The largest absolute Gasteiger partial charge is 0.451 e. The highest BCUT2D eigenvalue weighted by atomic mass is 35.5. The van der Waals surface area contributed by atoms with Crippen LogP contribution < -0.4 is 11.1 Å². The van der Waals surface area contributed by atoms with Gasteiger partial charge in [0.1, 0.15) is 5.02 Å². The maximum atomic E-state index is 12.0. The van der Waals surface area contributed by atoms with Crippen LogP contribution in [0.1, 0.15) is 10.5 Å². The summed E-state index contributed by atoms with van der Waals surface area (Å²) in [7, 11) is 0. The number of nitrogens with two attached hydrogens (primary N) is 1. The average molecular weight is 444 g/mol. The van der Waals surface area contributed by atoms with Crippen molar-refractivity contribution in [2.24, 2.45) is 0 Å². The number of benzene rings is 1. The first-order valence-corrected chi connectivity index (χ1v) is 8.31. The van der Waals surface area contributed by atoms with Gasteiger partial charge in [0.05, 0.1) is 10.7 Å². The highest BCUT2D eigenvalue weighted by Crippen LogP contribution is 2.34. The molecule has 0 saturated carbocycles. The fraction of sp³-hybridized carbons (Fsp3) is 0.0714. The molecule has 6 nitrogen and oxygen atoms in total. The van der Waals surface area contributed by atoms with Crippen LogP contribution in [0.15, 0.2) is 18.2 Å². The highest BCUT2D eigenvalue weighted by molar-refractivity contribution is 6.46. The number of pyridine rings is 1. The molecule has 25 heavy (non-hydrogen) atoms. The van der Waals surface area contributed by atoms with E-state index in [4.69, 9.17) is 68.5 Å².